The second-order valence-corrected chi connectivity index (χ2v) is 6.16. The largest absolute Gasteiger partial charge is 0.388 e. The van der Waals surface area contributed by atoms with Crippen LogP contribution in [0, 0.1) is 6.92 Å². The highest BCUT2D eigenvalue weighted by molar-refractivity contribution is 9.10. The van der Waals surface area contributed by atoms with Gasteiger partial charge in [-0.1, -0.05) is 40.2 Å². The van der Waals surface area contributed by atoms with Gasteiger partial charge >= 0.3 is 0 Å². The summed E-state index contributed by atoms with van der Waals surface area (Å²) in [6.45, 7) is 2.03. The number of imidazole rings is 1. The first-order valence-corrected chi connectivity index (χ1v) is 7.70. The van der Waals surface area contributed by atoms with Crippen LogP contribution in [-0.2, 0) is 13.5 Å². The molecule has 0 bridgehead atoms. The second kappa shape index (κ2) is 5.62. The zero-order valence-electron chi connectivity index (χ0n) is 12.0. The van der Waals surface area contributed by atoms with E-state index >= 15 is 0 Å². The van der Waals surface area contributed by atoms with Crippen molar-refractivity contribution in [2.75, 3.05) is 0 Å². The quantitative estimate of drug-likeness (QED) is 0.781. The van der Waals surface area contributed by atoms with Gasteiger partial charge in [0.2, 0.25) is 0 Å². The fraction of sp³-hybridized carbons (Fsp3) is 0.235. The van der Waals surface area contributed by atoms with Crippen molar-refractivity contribution < 1.29 is 5.11 Å². The lowest BCUT2D eigenvalue weighted by Crippen LogP contribution is -2.07. The summed E-state index contributed by atoms with van der Waals surface area (Å²) in [5.74, 6) is 0.889. The molecule has 1 N–H and O–H groups in total. The molecule has 4 heteroatoms. The average Bonchev–Trinajstić information content (AvgIpc) is 2.79. The van der Waals surface area contributed by atoms with Crippen molar-refractivity contribution >= 4 is 27.0 Å². The molecule has 1 heterocycles. The molecule has 3 rings (SSSR count). The predicted octanol–water partition coefficient (Wildman–Crippen LogP) is 3.92. The number of benzene rings is 2. The summed E-state index contributed by atoms with van der Waals surface area (Å²) in [5.41, 5.74) is 4.12. The molecule has 21 heavy (non-hydrogen) atoms. The summed E-state index contributed by atoms with van der Waals surface area (Å²) in [7, 11) is 1.99. The minimum atomic E-state index is -0.558. The summed E-state index contributed by atoms with van der Waals surface area (Å²) < 4.78 is 3.06. The van der Waals surface area contributed by atoms with Gasteiger partial charge in [0.1, 0.15) is 5.82 Å². The first-order chi connectivity index (χ1) is 10.1. The van der Waals surface area contributed by atoms with Crippen LogP contribution in [0.15, 0.2) is 46.9 Å². The number of aryl methyl sites for hydroxylation is 2. The van der Waals surface area contributed by atoms with E-state index in [1.54, 1.807) is 0 Å². The van der Waals surface area contributed by atoms with Gasteiger partial charge in [0.25, 0.3) is 0 Å². The fourth-order valence-corrected chi connectivity index (χ4v) is 2.88. The van der Waals surface area contributed by atoms with E-state index in [0.29, 0.717) is 6.42 Å². The number of halogens is 1. The summed E-state index contributed by atoms with van der Waals surface area (Å²) in [4.78, 5) is 4.61. The Morgan fingerprint density at radius 1 is 1.24 bits per heavy atom. The van der Waals surface area contributed by atoms with Crippen LogP contribution in [0.1, 0.15) is 23.1 Å². The van der Waals surface area contributed by atoms with E-state index in [1.165, 1.54) is 0 Å². The van der Waals surface area contributed by atoms with Gasteiger partial charge in [-0.05, 0) is 36.2 Å². The number of rotatable bonds is 3. The van der Waals surface area contributed by atoms with Crippen LogP contribution in [-0.4, -0.2) is 14.7 Å². The normalized spacial score (nSPS) is 12.8. The van der Waals surface area contributed by atoms with Crippen LogP contribution < -0.4 is 0 Å². The maximum absolute atomic E-state index is 10.5. The van der Waals surface area contributed by atoms with E-state index in [9.17, 15) is 5.11 Å². The van der Waals surface area contributed by atoms with Gasteiger partial charge in [-0.15, -0.1) is 0 Å². The number of hydrogen-bond donors (Lipinski definition) is 1. The highest BCUT2D eigenvalue weighted by Gasteiger charge is 2.14. The van der Waals surface area contributed by atoms with Gasteiger partial charge in [0.15, 0.2) is 0 Å². The zero-order valence-corrected chi connectivity index (χ0v) is 13.6. The Bertz CT molecular complexity index is 795. The number of aliphatic hydroxyl groups excluding tert-OH is 1. The van der Waals surface area contributed by atoms with Crippen LogP contribution in [0.4, 0.5) is 0 Å². The molecule has 0 amide bonds. The molecule has 2 aromatic carbocycles. The van der Waals surface area contributed by atoms with Crippen LogP contribution in [0.5, 0.6) is 0 Å². The lowest BCUT2D eigenvalue weighted by atomic mass is 10.0. The molecule has 0 aliphatic heterocycles. The van der Waals surface area contributed by atoms with Crippen molar-refractivity contribution in [3.05, 3.63) is 63.9 Å². The highest BCUT2D eigenvalue weighted by atomic mass is 79.9. The van der Waals surface area contributed by atoms with E-state index in [4.69, 9.17) is 0 Å². The summed E-state index contributed by atoms with van der Waals surface area (Å²) >= 11 is 3.51. The molecule has 3 aromatic rings. The van der Waals surface area contributed by atoms with E-state index in [-0.39, 0.29) is 0 Å². The minimum absolute atomic E-state index is 0.501. The molecule has 3 nitrogen and oxygen atoms in total. The third-order valence-corrected chi connectivity index (χ3v) is 4.69. The number of hydrogen-bond acceptors (Lipinski definition) is 2. The van der Waals surface area contributed by atoms with E-state index in [1.807, 2.05) is 61.0 Å². The van der Waals surface area contributed by atoms with Crippen LogP contribution in [0.25, 0.3) is 11.0 Å². The third-order valence-electron chi connectivity index (χ3n) is 3.84. The molecular formula is C17H17BrN2O. The number of aliphatic hydroxyl groups is 1. The van der Waals surface area contributed by atoms with Crippen molar-refractivity contribution in [2.45, 2.75) is 19.4 Å². The molecule has 108 valence electrons. The number of fused-ring (bicyclic) bond motifs is 1. The molecular weight excluding hydrogens is 328 g/mol. The van der Waals surface area contributed by atoms with E-state index < -0.39 is 6.10 Å². The van der Waals surface area contributed by atoms with Gasteiger partial charge < -0.3 is 9.67 Å². The van der Waals surface area contributed by atoms with E-state index in [2.05, 4.69) is 20.9 Å². The second-order valence-electron chi connectivity index (χ2n) is 5.30. The molecule has 0 saturated carbocycles. The Hall–Kier alpha value is -1.65. The fourth-order valence-electron chi connectivity index (χ4n) is 2.49. The standard InChI is InChI=1S/C17H17BrN2O/c1-11-7-8-12(9-13(11)18)16(21)10-17-19-14-5-3-4-6-15(14)20(17)2/h3-9,16,21H,10H2,1-2H3. The Balaban J connectivity index is 1.90. The molecule has 1 unspecified atom stereocenters. The van der Waals surface area contributed by atoms with Crippen LogP contribution >= 0.6 is 15.9 Å². The topological polar surface area (TPSA) is 38.1 Å². The molecule has 1 atom stereocenters. The monoisotopic (exact) mass is 344 g/mol. The van der Waals surface area contributed by atoms with Gasteiger partial charge in [-0.2, -0.15) is 0 Å². The minimum Gasteiger partial charge on any atom is -0.388 e. The summed E-state index contributed by atoms with van der Waals surface area (Å²) in [6.07, 6.45) is -0.0573. The Kier molecular flexibility index (Phi) is 3.83. The van der Waals surface area contributed by atoms with Crippen molar-refractivity contribution in [2.24, 2.45) is 7.05 Å². The smallest absolute Gasteiger partial charge is 0.112 e. The summed E-state index contributed by atoms with van der Waals surface area (Å²) in [6, 6.07) is 14.0. The SMILES string of the molecule is Cc1ccc(C(O)Cc2nc3ccccc3n2C)cc1Br. The first kappa shape index (κ1) is 14.3. The predicted molar refractivity (Wildman–Crippen MR) is 88.3 cm³/mol. The average molecular weight is 345 g/mol. The molecule has 0 fully saturated rings. The third kappa shape index (κ3) is 2.74. The lowest BCUT2D eigenvalue weighted by molar-refractivity contribution is 0.175. The Labute approximate surface area is 132 Å². The lowest BCUT2D eigenvalue weighted by Gasteiger charge is -2.12. The van der Waals surface area contributed by atoms with Crippen molar-refractivity contribution in [1.82, 2.24) is 9.55 Å². The van der Waals surface area contributed by atoms with Crippen molar-refractivity contribution in [3.63, 3.8) is 0 Å². The van der Waals surface area contributed by atoms with Gasteiger partial charge in [0, 0.05) is 17.9 Å². The molecule has 0 radical (unpaired) electrons. The van der Waals surface area contributed by atoms with Gasteiger partial charge in [-0.25, -0.2) is 4.98 Å². The maximum Gasteiger partial charge on any atom is 0.112 e. The van der Waals surface area contributed by atoms with Crippen LogP contribution in [0.2, 0.25) is 0 Å². The van der Waals surface area contributed by atoms with Crippen molar-refractivity contribution in [1.29, 1.82) is 0 Å². The Morgan fingerprint density at radius 2 is 2.00 bits per heavy atom. The maximum atomic E-state index is 10.5. The molecule has 1 aromatic heterocycles. The first-order valence-electron chi connectivity index (χ1n) is 6.90. The number of para-hydroxylation sites is 2. The zero-order chi connectivity index (χ0) is 15.0. The molecule has 0 saturated heterocycles. The molecule has 0 aliphatic carbocycles. The van der Waals surface area contributed by atoms with E-state index in [0.717, 1.165) is 32.5 Å². The van der Waals surface area contributed by atoms with Gasteiger partial charge in [-0.3, -0.25) is 0 Å². The molecule has 0 spiro atoms. The molecule has 0 aliphatic rings. The van der Waals surface area contributed by atoms with Gasteiger partial charge in [0.05, 0.1) is 17.1 Å². The highest BCUT2D eigenvalue weighted by Crippen LogP contribution is 2.25. The number of nitrogens with zero attached hydrogens (tertiary/aromatic N) is 2. The number of aromatic nitrogens is 2. The van der Waals surface area contributed by atoms with Crippen LogP contribution in [0.3, 0.4) is 0 Å². The summed E-state index contributed by atoms with van der Waals surface area (Å²) in [5, 5.41) is 10.5. The van der Waals surface area contributed by atoms with Crippen molar-refractivity contribution in [3.8, 4) is 0 Å². The Morgan fingerprint density at radius 3 is 2.71 bits per heavy atom.